The van der Waals surface area contributed by atoms with Crippen LogP contribution in [-0.2, 0) is 9.59 Å². The van der Waals surface area contributed by atoms with Crippen LogP contribution in [0.2, 0.25) is 0 Å². The monoisotopic (exact) mass is 253 g/mol. The van der Waals surface area contributed by atoms with Crippen LogP contribution < -0.4 is 0 Å². The molecule has 1 saturated carbocycles. The Balaban J connectivity index is 1.99. The number of carbonyl (C=O) groups is 2. The van der Waals surface area contributed by atoms with Gasteiger partial charge in [-0.3, -0.25) is 9.59 Å². The molecule has 0 spiro atoms. The lowest BCUT2D eigenvalue weighted by Crippen LogP contribution is -2.49. The van der Waals surface area contributed by atoms with Gasteiger partial charge in [-0.15, -0.1) is 0 Å². The van der Waals surface area contributed by atoms with E-state index in [0.29, 0.717) is 25.3 Å². The molecule has 2 atom stereocenters. The Hall–Kier alpha value is -1.06. The highest BCUT2D eigenvalue weighted by Gasteiger charge is 2.35. The highest BCUT2D eigenvalue weighted by molar-refractivity contribution is 5.80. The number of carboxylic acid groups (broad SMARTS) is 1. The second-order valence-electron chi connectivity index (χ2n) is 5.76. The standard InChI is InChI=1S/C14H23NO3/c1-10(11-5-3-2-4-6-11)15-9-12(14(17)18)7-8-13(15)16/h10-12H,2-9H2,1H3,(H,17,18). The largest absolute Gasteiger partial charge is 0.481 e. The van der Waals surface area contributed by atoms with Crippen molar-refractivity contribution in [1.29, 1.82) is 0 Å². The summed E-state index contributed by atoms with van der Waals surface area (Å²) < 4.78 is 0. The molecule has 4 heteroatoms. The Bertz CT molecular complexity index is 323. The molecule has 2 aliphatic rings. The van der Waals surface area contributed by atoms with E-state index in [-0.39, 0.29) is 17.9 Å². The van der Waals surface area contributed by atoms with Crippen LogP contribution in [0, 0.1) is 11.8 Å². The molecule has 0 aromatic heterocycles. The van der Waals surface area contributed by atoms with Crippen LogP contribution in [0.4, 0.5) is 0 Å². The minimum Gasteiger partial charge on any atom is -0.481 e. The molecule has 0 aromatic rings. The van der Waals surface area contributed by atoms with Gasteiger partial charge >= 0.3 is 5.97 Å². The Kier molecular flexibility index (Phi) is 4.25. The van der Waals surface area contributed by atoms with E-state index in [4.69, 9.17) is 5.11 Å². The molecule has 1 heterocycles. The lowest BCUT2D eigenvalue weighted by atomic mass is 9.82. The second kappa shape index (κ2) is 5.72. The molecule has 1 N–H and O–H groups in total. The van der Waals surface area contributed by atoms with Crippen LogP contribution in [-0.4, -0.2) is 34.5 Å². The minimum absolute atomic E-state index is 0.144. The third-order valence-corrected chi connectivity index (χ3v) is 4.62. The van der Waals surface area contributed by atoms with Crippen molar-refractivity contribution in [2.45, 2.75) is 57.9 Å². The molecule has 0 bridgehead atoms. The maximum absolute atomic E-state index is 12.0. The van der Waals surface area contributed by atoms with Gasteiger partial charge in [0.05, 0.1) is 5.92 Å². The van der Waals surface area contributed by atoms with E-state index < -0.39 is 5.97 Å². The number of hydrogen-bond acceptors (Lipinski definition) is 2. The smallest absolute Gasteiger partial charge is 0.308 e. The predicted molar refractivity (Wildman–Crippen MR) is 68.1 cm³/mol. The molecule has 2 unspecified atom stereocenters. The highest BCUT2D eigenvalue weighted by atomic mass is 16.4. The number of rotatable bonds is 3. The molecule has 0 radical (unpaired) electrons. The average Bonchev–Trinajstić information content (AvgIpc) is 2.39. The van der Waals surface area contributed by atoms with E-state index in [1.54, 1.807) is 0 Å². The summed E-state index contributed by atoms with van der Waals surface area (Å²) >= 11 is 0. The van der Waals surface area contributed by atoms with Crippen LogP contribution in [0.15, 0.2) is 0 Å². The van der Waals surface area contributed by atoms with Gasteiger partial charge in [0.2, 0.25) is 5.91 Å². The molecule has 1 aliphatic carbocycles. The van der Waals surface area contributed by atoms with Gasteiger partial charge < -0.3 is 10.0 Å². The van der Waals surface area contributed by atoms with Gasteiger partial charge in [0.1, 0.15) is 0 Å². The zero-order valence-electron chi connectivity index (χ0n) is 11.1. The van der Waals surface area contributed by atoms with Crippen molar-refractivity contribution in [3.63, 3.8) is 0 Å². The summed E-state index contributed by atoms with van der Waals surface area (Å²) in [6.45, 7) is 2.50. The maximum atomic E-state index is 12.0. The molecule has 18 heavy (non-hydrogen) atoms. The fraction of sp³-hybridized carbons (Fsp3) is 0.857. The van der Waals surface area contributed by atoms with Crippen LogP contribution in [0.3, 0.4) is 0 Å². The van der Waals surface area contributed by atoms with Gasteiger partial charge in [-0.25, -0.2) is 0 Å². The van der Waals surface area contributed by atoms with Crippen LogP contribution >= 0.6 is 0 Å². The van der Waals surface area contributed by atoms with Crippen LogP contribution in [0.25, 0.3) is 0 Å². The SMILES string of the molecule is CC(C1CCCCC1)N1CC(C(=O)O)CCC1=O. The summed E-state index contributed by atoms with van der Waals surface area (Å²) in [6, 6.07) is 0.208. The molecular formula is C14H23NO3. The van der Waals surface area contributed by atoms with Crippen molar-refractivity contribution in [3.8, 4) is 0 Å². The number of carboxylic acids is 1. The molecule has 0 aromatic carbocycles. The highest BCUT2D eigenvalue weighted by Crippen LogP contribution is 2.31. The van der Waals surface area contributed by atoms with E-state index in [9.17, 15) is 9.59 Å². The van der Waals surface area contributed by atoms with Crippen molar-refractivity contribution < 1.29 is 14.7 Å². The van der Waals surface area contributed by atoms with E-state index in [0.717, 1.165) is 0 Å². The topological polar surface area (TPSA) is 57.6 Å². The number of likely N-dealkylation sites (tertiary alicyclic amines) is 1. The zero-order chi connectivity index (χ0) is 13.1. The third kappa shape index (κ3) is 2.85. The Morgan fingerprint density at radius 1 is 1.28 bits per heavy atom. The van der Waals surface area contributed by atoms with Crippen molar-refractivity contribution in [2.24, 2.45) is 11.8 Å². The maximum Gasteiger partial charge on any atom is 0.308 e. The van der Waals surface area contributed by atoms with E-state index in [1.807, 2.05) is 4.90 Å². The first-order chi connectivity index (χ1) is 8.59. The number of aliphatic carboxylic acids is 1. The van der Waals surface area contributed by atoms with Crippen molar-refractivity contribution in [1.82, 2.24) is 4.90 Å². The third-order valence-electron chi connectivity index (χ3n) is 4.62. The summed E-state index contributed by atoms with van der Waals surface area (Å²) in [5.41, 5.74) is 0. The number of nitrogens with zero attached hydrogens (tertiary/aromatic N) is 1. The van der Waals surface area contributed by atoms with E-state index in [1.165, 1.54) is 32.1 Å². The Morgan fingerprint density at radius 3 is 2.56 bits per heavy atom. The lowest BCUT2D eigenvalue weighted by Gasteiger charge is -2.40. The van der Waals surface area contributed by atoms with Crippen molar-refractivity contribution in [2.75, 3.05) is 6.54 Å². The summed E-state index contributed by atoms with van der Waals surface area (Å²) in [5, 5.41) is 9.10. The molecule has 2 fully saturated rings. The van der Waals surface area contributed by atoms with E-state index >= 15 is 0 Å². The Labute approximate surface area is 108 Å². The number of hydrogen-bond donors (Lipinski definition) is 1. The molecule has 4 nitrogen and oxygen atoms in total. The normalized spacial score (nSPS) is 28.2. The van der Waals surface area contributed by atoms with Crippen molar-refractivity contribution in [3.05, 3.63) is 0 Å². The average molecular weight is 253 g/mol. The zero-order valence-corrected chi connectivity index (χ0v) is 11.1. The first kappa shape index (κ1) is 13.4. The molecule has 2 rings (SSSR count). The Morgan fingerprint density at radius 2 is 1.94 bits per heavy atom. The van der Waals surface area contributed by atoms with Gasteiger partial charge in [-0.05, 0) is 32.1 Å². The van der Waals surface area contributed by atoms with Gasteiger partial charge in [0, 0.05) is 19.0 Å². The van der Waals surface area contributed by atoms with Crippen LogP contribution in [0.1, 0.15) is 51.9 Å². The number of carbonyl (C=O) groups excluding carboxylic acids is 1. The predicted octanol–water partition coefficient (Wildman–Crippen LogP) is 2.28. The summed E-state index contributed by atoms with van der Waals surface area (Å²) in [5.74, 6) is -0.419. The van der Waals surface area contributed by atoms with Gasteiger partial charge in [-0.1, -0.05) is 19.3 Å². The molecule has 1 saturated heterocycles. The van der Waals surface area contributed by atoms with Gasteiger partial charge in [0.25, 0.3) is 0 Å². The summed E-state index contributed by atoms with van der Waals surface area (Å²) in [6.07, 6.45) is 7.06. The molecule has 1 amide bonds. The first-order valence-electron chi connectivity index (χ1n) is 7.12. The molecular weight excluding hydrogens is 230 g/mol. The molecule has 1 aliphatic heterocycles. The first-order valence-corrected chi connectivity index (χ1v) is 7.12. The van der Waals surface area contributed by atoms with Gasteiger partial charge in [0.15, 0.2) is 0 Å². The fourth-order valence-electron chi connectivity index (χ4n) is 3.34. The second-order valence-corrected chi connectivity index (χ2v) is 5.76. The van der Waals surface area contributed by atoms with Crippen LogP contribution in [0.5, 0.6) is 0 Å². The number of piperidine rings is 1. The molecule has 102 valence electrons. The summed E-state index contributed by atoms with van der Waals surface area (Å²) in [7, 11) is 0. The minimum atomic E-state index is -0.761. The lowest BCUT2D eigenvalue weighted by molar-refractivity contribution is -0.149. The van der Waals surface area contributed by atoms with Crippen molar-refractivity contribution >= 4 is 11.9 Å². The summed E-state index contributed by atoms with van der Waals surface area (Å²) in [4.78, 5) is 24.9. The quantitative estimate of drug-likeness (QED) is 0.839. The fourth-order valence-corrected chi connectivity index (χ4v) is 3.34. The van der Waals surface area contributed by atoms with Gasteiger partial charge in [-0.2, -0.15) is 0 Å². The van der Waals surface area contributed by atoms with E-state index in [2.05, 4.69) is 6.92 Å². The number of amides is 1.